The number of imidazole rings is 1. The van der Waals surface area contributed by atoms with Gasteiger partial charge >= 0.3 is 0 Å². The number of hydrogen-bond donors (Lipinski definition) is 2. The van der Waals surface area contributed by atoms with Gasteiger partial charge in [0.25, 0.3) is 0 Å². The number of nitrogens with one attached hydrogen (secondary N) is 2. The van der Waals surface area contributed by atoms with Gasteiger partial charge in [-0.05, 0) is 24.5 Å². The molecule has 82 valence electrons. The third-order valence-corrected chi connectivity index (χ3v) is 3.08. The minimum atomic E-state index is 0.0755. The Morgan fingerprint density at radius 1 is 1.50 bits per heavy atom. The molecule has 1 saturated carbocycles. The van der Waals surface area contributed by atoms with Gasteiger partial charge in [0.15, 0.2) is 0 Å². The molecule has 4 heteroatoms. The van der Waals surface area contributed by atoms with Gasteiger partial charge in [-0.3, -0.25) is 10.1 Å². The van der Waals surface area contributed by atoms with E-state index in [4.69, 9.17) is 0 Å². The van der Waals surface area contributed by atoms with Gasteiger partial charge in [0, 0.05) is 5.92 Å². The van der Waals surface area contributed by atoms with Crippen LogP contribution in [0.5, 0.6) is 0 Å². The first-order valence-electron chi connectivity index (χ1n) is 5.49. The summed E-state index contributed by atoms with van der Waals surface area (Å²) < 4.78 is 0. The maximum atomic E-state index is 11.7. The fourth-order valence-electron chi connectivity index (χ4n) is 1.91. The number of carbonyl (C=O) groups is 1. The van der Waals surface area contributed by atoms with Crippen molar-refractivity contribution in [2.45, 2.75) is 13.3 Å². The number of aromatic nitrogens is 2. The molecule has 2 atom stereocenters. The average molecular weight is 215 g/mol. The molecule has 0 radical (unpaired) electrons. The highest BCUT2D eigenvalue weighted by atomic mass is 16.2. The average Bonchev–Trinajstić information content (AvgIpc) is 2.87. The Hall–Kier alpha value is -1.84. The fraction of sp³-hybridized carbons (Fsp3) is 0.333. The number of carbonyl (C=O) groups excluding carboxylic acids is 1. The van der Waals surface area contributed by atoms with Gasteiger partial charge in [0.1, 0.15) is 0 Å². The zero-order valence-corrected chi connectivity index (χ0v) is 9.03. The highest BCUT2D eigenvalue weighted by Crippen LogP contribution is 2.38. The zero-order valence-electron chi connectivity index (χ0n) is 9.03. The highest BCUT2D eigenvalue weighted by Gasteiger charge is 2.39. The van der Waals surface area contributed by atoms with Gasteiger partial charge in [0.2, 0.25) is 11.9 Å². The lowest BCUT2D eigenvalue weighted by molar-refractivity contribution is -0.117. The summed E-state index contributed by atoms with van der Waals surface area (Å²) in [7, 11) is 0. The lowest BCUT2D eigenvalue weighted by Gasteiger charge is -1.98. The largest absolute Gasteiger partial charge is 0.324 e. The maximum absolute atomic E-state index is 11.7. The van der Waals surface area contributed by atoms with Crippen LogP contribution in [-0.4, -0.2) is 15.9 Å². The highest BCUT2D eigenvalue weighted by molar-refractivity contribution is 5.94. The van der Waals surface area contributed by atoms with Gasteiger partial charge in [0.05, 0.1) is 11.0 Å². The van der Waals surface area contributed by atoms with Crippen LogP contribution in [0.4, 0.5) is 5.95 Å². The zero-order chi connectivity index (χ0) is 11.1. The first kappa shape index (κ1) is 9.39. The molecule has 0 bridgehead atoms. The van der Waals surface area contributed by atoms with E-state index in [0.717, 1.165) is 17.5 Å². The summed E-state index contributed by atoms with van der Waals surface area (Å²) in [5, 5.41) is 2.82. The van der Waals surface area contributed by atoms with E-state index in [0.29, 0.717) is 11.9 Å². The number of aromatic amines is 1. The second-order valence-corrected chi connectivity index (χ2v) is 4.41. The molecule has 1 aromatic heterocycles. The number of amides is 1. The summed E-state index contributed by atoms with van der Waals surface area (Å²) in [5.74, 6) is 1.31. The Kier molecular flexibility index (Phi) is 1.96. The van der Waals surface area contributed by atoms with Crippen molar-refractivity contribution < 1.29 is 4.79 Å². The molecule has 0 spiro atoms. The lowest BCUT2D eigenvalue weighted by Crippen LogP contribution is -2.15. The van der Waals surface area contributed by atoms with E-state index in [9.17, 15) is 4.79 Å². The Bertz CT molecular complexity index is 513. The molecular formula is C12H13N3O. The molecular weight excluding hydrogens is 202 g/mol. The van der Waals surface area contributed by atoms with Crippen molar-refractivity contribution in [1.82, 2.24) is 9.97 Å². The minimum Gasteiger partial charge on any atom is -0.324 e. The first-order chi connectivity index (χ1) is 7.74. The number of benzene rings is 1. The standard InChI is InChI=1S/C12H13N3O/c1-7-6-8(7)11(16)15-12-13-9-4-2-3-5-10(9)14-12/h2-5,7-8H,6H2,1H3,(H2,13,14,15,16)/t7-,8+/m0/s1. The summed E-state index contributed by atoms with van der Waals surface area (Å²) in [6.07, 6.45) is 0.992. The van der Waals surface area contributed by atoms with Gasteiger partial charge in [-0.1, -0.05) is 19.1 Å². The smallest absolute Gasteiger partial charge is 0.230 e. The predicted molar refractivity (Wildman–Crippen MR) is 62.0 cm³/mol. The quantitative estimate of drug-likeness (QED) is 0.806. The van der Waals surface area contributed by atoms with Gasteiger partial charge in [-0.15, -0.1) is 0 Å². The van der Waals surface area contributed by atoms with Crippen molar-refractivity contribution >= 4 is 22.9 Å². The monoisotopic (exact) mass is 215 g/mol. The molecule has 3 rings (SSSR count). The Morgan fingerprint density at radius 3 is 2.94 bits per heavy atom. The summed E-state index contributed by atoms with van der Waals surface area (Å²) in [5.41, 5.74) is 1.82. The molecule has 16 heavy (non-hydrogen) atoms. The molecule has 1 fully saturated rings. The normalized spacial score (nSPS) is 23.3. The van der Waals surface area contributed by atoms with Crippen LogP contribution in [0.3, 0.4) is 0 Å². The van der Waals surface area contributed by atoms with Crippen LogP contribution in [0.2, 0.25) is 0 Å². The van der Waals surface area contributed by atoms with Crippen molar-refractivity contribution in [3.63, 3.8) is 0 Å². The maximum Gasteiger partial charge on any atom is 0.230 e. The molecule has 1 heterocycles. The van der Waals surface area contributed by atoms with Crippen LogP contribution in [0.15, 0.2) is 24.3 Å². The molecule has 0 unspecified atom stereocenters. The summed E-state index contributed by atoms with van der Waals surface area (Å²) in [6.45, 7) is 2.09. The Labute approximate surface area is 93.1 Å². The van der Waals surface area contributed by atoms with Crippen molar-refractivity contribution in [1.29, 1.82) is 0 Å². The number of hydrogen-bond acceptors (Lipinski definition) is 2. The van der Waals surface area contributed by atoms with Crippen molar-refractivity contribution in [3.8, 4) is 0 Å². The van der Waals surface area contributed by atoms with Crippen LogP contribution in [0, 0.1) is 11.8 Å². The lowest BCUT2D eigenvalue weighted by atomic mass is 10.3. The number of anilines is 1. The van der Waals surface area contributed by atoms with Crippen LogP contribution in [0.25, 0.3) is 11.0 Å². The van der Waals surface area contributed by atoms with Crippen molar-refractivity contribution in [3.05, 3.63) is 24.3 Å². The van der Waals surface area contributed by atoms with Crippen LogP contribution >= 0.6 is 0 Å². The Morgan fingerprint density at radius 2 is 2.25 bits per heavy atom. The summed E-state index contributed by atoms with van der Waals surface area (Å²) in [4.78, 5) is 19.1. The molecule has 2 aromatic rings. The second-order valence-electron chi connectivity index (χ2n) is 4.41. The summed E-state index contributed by atoms with van der Waals surface area (Å²) in [6, 6.07) is 7.73. The van der Waals surface area contributed by atoms with Crippen LogP contribution in [0.1, 0.15) is 13.3 Å². The molecule has 1 aliphatic rings. The molecule has 0 aliphatic heterocycles. The van der Waals surface area contributed by atoms with Crippen molar-refractivity contribution in [2.24, 2.45) is 11.8 Å². The SMILES string of the molecule is C[C@H]1C[C@H]1C(=O)Nc1nc2ccccc2[nH]1. The molecule has 1 amide bonds. The predicted octanol–water partition coefficient (Wildman–Crippen LogP) is 2.16. The summed E-state index contributed by atoms with van der Waals surface area (Å²) >= 11 is 0. The molecule has 4 nitrogen and oxygen atoms in total. The molecule has 1 aromatic carbocycles. The van der Waals surface area contributed by atoms with E-state index in [-0.39, 0.29) is 11.8 Å². The van der Waals surface area contributed by atoms with Crippen molar-refractivity contribution in [2.75, 3.05) is 5.32 Å². The molecule has 2 N–H and O–H groups in total. The number of para-hydroxylation sites is 2. The number of fused-ring (bicyclic) bond motifs is 1. The fourth-order valence-corrected chi connectivity index (χ4v) is 1.91. The first-order valence-corrected chi connectivity index (χ1v) is 5.49. The van der Waals surface area contributed by atoms with Gasteiger partial charge in [-0.25, -0.2) is 4.98 Å². The number of rotatable bonds is 2. The number of H-pyrrole nitrogens is 1. The van der Waals surface area contributed by atoms with E-state index >= 15 is 0 Å². The minimum absolute atomic E-state index is 0.0755. The van der Waals surface area contributed by atoms with Gasteiger partial charge in [-0.2, -0.15) is 0 Å². The Balaban J connectivity index is 1.81. The van der Waals surface area contributed by atoms with Crippen LogP contribution < -0.4 is 5.32 Å². The molecule has 0 saturated heterocycles. The third-order valence-electron chi connectivity index (χ3n) is 3.08. The topological polar surface area (TPSA) is 57.8 Å². The van der Waals surface area contributed by atoms with E-state index in [2.05, 4.69) is 22.2 Å². The van der Waals surface area contributed by atoms with E-state index < -0.39 is 0 Å². The number of nitrogens with zero attached hydrogens (tertiary/aromatic N) is 1. The molecule has 1 aliphatic carbocycles. The van der Waals surface area contributed by atoms with E-state index in [1.807, 2.05) is 24.3 Å². The second kappa shape index (κ2) is 3.33. The van der Waals surface area contributed by atoms with Gasteiger partial charge < -0.3 is 4.98 Å². The third kappa shape index (κ3) is 1.56. The van der Waals surface area contributed by atoms with E-state index in [1.165, 1.54) is 0 Å². The van der Waals surface area contributed by atoms with E-state index in [1.54, 1.807) is 0 Å². The van der Waals surface area contributed by atoms with Crippen LogP contribution in [-0.2, 0) is 4.79 Å².